The van der Waals surface area contributed by atoms with Gasteiger partial charge in [-0.15, -0.1) is 12.4 Å². The fourth-order valence-electron chi connectivity index (χ4n) is 4.40. The Morgan fingerprint density at radius 3 is 2.64 bits per heavy atom. The molecule has 2 aromatic rings. The summed E-state index contributed by atoms with van der Waals surface area (Å²) in [6, 6.07) is 4.69. The topological polar surface area (TPSA) is 118 Å². The monoisotopic (exact) mass is 523 g/mol. The van der Waals surface area contributed by atoms with Gasteiger partial charge in [0.05, 0.1) is 36.8 Å². The first-order valence-electron chi connectivity index (χ1n) is 11.5. The molecule has 2 aliphatic heterocycles. The van der Waals surface area contributed by atoms with Crippen molar-refractivity contribution in [2.75, 3.05) is 49.1 Å². The SMILES string of the molecule is CC(=O)NC[C@H]1CN(c2ccc(N3CCN(Cc4cnc(C)c(O)c4CO)CC3)c(F)c2)C(=O)O1.Cl. The van der Waals surface area contributed by atoms with Crippen LogP contribution in [0.4, 0.5) is 20.6 Å². The molecule has 0 saturated carbocycles. The highest BCUT2D eigenvalue weighted by Gasteiger charge is 2.33. The number of aryl methyl sites for hydroxylation is 1. The van der Waals surface area contributed by atoms with E-state index in [1.54, 1.807) is 25.3 Å². The van der Waals surface area contributed by atoms with Gasteiger partial charge in [0.1, 0.15) is 17.7 Å². The molecule has 1 atom stereocenters. The number of aliphatic hydroxyl groups excluding tert-OH is 1. The zero-order valence-electron chi connectivity index (χ0n) is 20.2. The molecule has 1 aromatic heterocycles. The van der Waals surface area contributed by atoms with Crippen LogP contribution < -0.4 is 15.1 Å². The maximum Gasteiger partial charge on any atom is 0.414 e. The Bertz CT molecular complexity index is 1110. The molecular formula is C24H31ClFN5O5. The number of benzene rings is 1. The van der Waals surface area contributed by atoms with Crippen molar-refractivity contribution in [3.63, 3.8) is 0 Å². The number of aromatic hydroxyl groups is 1. The molecule has 196 valence electrons. The minimum atomic E-state index is -0.569. The molecule has 4 rings (SSSR count). The molecule has 3 N–H and O–H groups in total. The molecule has 1 aromatic carbocycles. The summed E-state index contributed by atoms with van der Waals surface area (Å²) in [5.74, 6) is -0.615. The van der Waals surface area contributed by atoms with Gasteiger partial charge < -0.3 is 25.2 Å². The Hall–Kier alpha value is -3.15. The first kappa shape index (κ1) is 27.4. The van der Waals surface area contributed by atoms with E-state index in [0.717, 1.165) is 5.56 Å². The Balaban J connectivity index is 0.00000361. The Labute approximate surface area is 215 Å². The van der Waals surface area contributed by atoms with Crippen LogP contribution in [0.1, 0.15) is 23.7 Å². The fraction of sp³-hybridized carbons (Fsp3) is 0.458. The Kier molecular flexibility index (Phi) is 8.93. The van der Waals surface area contributed by atoms with Crippen molar-refractivity contribution in [2.45, 2.75) is 33.1 Å². The molecular weight excluding hydrogens is 493 g/mol. The van der Waals surface area contributed by atoms with Gasteiger partial charge in [0.2, 0.25) is 5.91 Å². The van der Waals surface area contributed by atoms with Gasteiger partial charge in [-0.1, -0.05) is 0 Å². The van der Waals surface area contributed by atoms with E-state index in [1.807, 2.05) is 4.90 Å². The van der Waals surface area contributed by atoms with Crippen molar-refractivity contribution >= 4 is 35.8 Å². The normalized spacial score (nSPS) is 18.1. The van der Waals surface area contributed by atoms with Crippen LogP contribution in [0.3, 0.4) is 0 Å². The van der Waals surface area contributed by atoms with Crippen LogP contribution in [0.25, 0.3) is 0 Å². The lowest BCUT2D eigenvalue weighted by Gasteiger charge is -2.36. The molecule has 0 aliphatic carbocycles. The van der Waals surface area contributed by atoms with E-state index in [0.29, 0.717) is 55.4 Å². The number of hydrogen-bond acceptors (Lipinski definition) is 8. The minimum absolute atomic E-state index is 0. The predicted molar refractivity (Wildman–Crippen MR) is 134 cm³/mol. The lowest BCUT2D eigenvalue weighted by Crippen LogP contribution is -2.46. The van der Waals surface area contributed by atoms with Crippen LogP contribution >= 0.6 is 12.4 Å². The lowest BCUT2D eigenvalue weighted by atomic mass is 10.1. The molecule has 2 amide bonds. The molecule has 2 aliphatic rings. The van der Waals surface area contributed by atoms with E-state index in [-0.39, 0.29) is 43.8 Å². The number of nitrogens with one attached hydrogen (secondary N) is 1. The fourth-order valence-corrected chi connectivity index (χ4v) is 4.40. The molecule has 2 fully saturated rings. The summed E-state index contributed by atoms with van der Waals surface area (Å²) >= 11 is 0. The summed E-state index contributed by atoms with van der Waals surface area (Å²) in [5.41, 5.74) is 2.60. The maximum atomic E-state index is 15.0. The summed E-state index contributed by atoms with van der Waals surface area (Å²) in [4.78, 5) is 33.0. The van der Waals surface area contributed by atoms with Gasteiger partial charge in [-0.25, -0.2) is 9.18 Å². The van der Waals surface area contributed by atoms with E-state index in [4.69, 9.17) is 4.74 Å². The van der Waals surface area contributed by atoms with Crippen molar-refractivity contribution in [3.8, 4) is 5.75 Å². The number of halogens is 2. The Morgan fingerprint density at radius 2 is 2.00 bits per heavy atom. The quantitative estimate of drug-likeness (QED) is 0.504. The second-order valence-corrected chi connectivity index (χ2v) is 8.81. The largest absolute Gasteiger partial charge is 0.506 e. The highest BCUT2D eigenvalue weighted by atomic mass is 35.5. The maximum absolute atomic E-state index is 15.0. The van der Waals surface area contributed by atoms with E-state index < -0.39 is 18.0 Å². The molecule has 10 nitrogen and oxygen atoms in total. The van der Waals surface area contributed by atoms with Gasteiger partial charge in [0.25, 0.3) is 0 Å². The van der Waals surface area contributed by atoms with Gasteiger partial charge in [-0.05, 0) is 30.7 Å². The second kappa shape index (κ2) is 11.7. The third kappa shape index (κ3) is 5.97. The van der Waals surface area contributed by atoms with Crippen LogP contribution in [-0.4, -0.2) is 77.5 Å². The third-order valence-electron chi connectivity index (χ3n) is 6.39. The van der Waals surface area contributed by atoms with Crippen molar-refractivity contribution in [1.29, 1.82) is 0 Å². The van der Waals surface area contributed by atoms with Crippen LogP contribution in [0.15, 0.2) is 24.4 Å². The number of aromatic nitrogens is 1. The van der Waals surface area contributed by atoms with Gasteiger partial charge in [0, 0.05) is 51.4 Å². The number of amides is 2. The number of nitrogens with zero attached hydrogens (tertiary/aromatic N) is 4. The number of ether oxygens (including phenoxy) is 1. The standard InChI is InChI=1S/C24H30FN5O5.ClH/c1-15-23(33)20(14-31)17(10-26-15)12-28-5-7-29(8-6-28)22-4-3-18(9-21(22)25)30-13-19(35-24(30)34)11-27-16(2)32;/h3-4,9-10,19,31,33H,5-8,11-14H2,1-2H3,(H,27,32);1H/t19-;/m0./s1. The number of anilines is 2. The minimum Gasteiger partial charge on any atom is -0.506 e. The first-order valence-corrected chi connectivity index (χ1v) is 11.5. The first-order chi connectivity index (χ1) is 16.8. The highest BCUT2D eigenvalue weighted by Crippen LogP contribution is 2.29. The van der Waals surface area contributed by atoms with E-state index >= 15 is 4.39 Å². The van der Waals surface area contributed by atoms with Gasteiger partial charge in [0.15, 0.2) is 0 Å². The number of rotatable bonds is 7. The number of carbonyl (C=O) groups is 2. The van der Waals surface area contributed by atoms with Gasteiger partial charge in [-0.2, -0.15) is 0 Å². The molecule has 36 heavy (non-hydrogen) atoms. The smallest absolute Gasteiger partial charge is 0.414 e. The molecule has 0 bridgehead atoms. The number of aliphatic hydroxyl groups is 1. The molecule has 0 radical (unpaired) electrons. The Morgan fingerprint density at radius 1 is 1.28 bits per heavy atom. The summed E-state index contributed by atoms with van der Waals surface area (Å²) in [5, 5.41) is 22.4. The number of carbonyl (C=O) groups excluding carboxylic acids is 2. The van der Waals surface area contributed by atoms with Crippen LogP contribution in [0, 0.1) is 12.7 Å². The van der Waals surface area contributed by atoms with Crippen LogP contribution in [0.2, 0.25) is 0 Å². The number of hydrogen-bond donors (Lipinski definition) is 3. The summed E-state index contributed by atoms with van der Waals surface area (Å²) in [6.45, 7) is 6.32. The zero-order valence-corrected chi connectivity index (χ0v) is 21.1. The zero-order chi connectivity index (χ0) is 25.1. The summed E-state index contributed by atoms with van der Waals surface area (Å²) < 4.78 is 20.3. The molecule has 0 unspecified atom stereocenters. The second-order valence-electron chi connectivity index (χ2n) is 8.81. The third-order valence-corrected chi connectivity index (χ3v) is 6.39. The van der Waals surface area contributed by atoms with Crippen molar-refractivity contribution < 1.29 is 28.9 Å². The average molecular weight is 524 g/mol. The molecule has 2 saturated heterocycles. The van der Waals surface area contributed by atoms with Crippen molar-refractivity contribution in [3.05, 3.63) is 47.0 Å². The molecule has 3 heterocycles. The van der Waals surface area contributed by atoms with E-state index in [2.05, 4.69) is 15.2 Å². The van der Waals surface area contributed by atoms with Crippen molar-refractivity contribution in [2.24, 2.45) is 0 Å². The van der Waals surface area contributed by atoms with E-state index in [9.17, 15) is 19.8 Å². The van der Waals surface area contributed by atoms with Gasteiger partial charge in [-0.3, -0.25) is 19.6 Å². The lowest BCUT2D eigenvalue weighted by molar-refractivity contribution is -0.119. The highest BCUT2D eigenvalue weighted by molar-refractivity contribution is 5.90. The van der Waals surface area contributed by atoms with Crippen molar-refractivity contribution in [1.82, 2.24) is 15.2 Å². The van der Waals surface area contributed by atoms with Crippen LogP contribution in [0.5, 0.6) is 5.75 Å². The number of piperazine rings is 1. The number of cyclic esters (lactones) is 1. The van der Waals surface area contributed by atoms with E-state index in [1.165, 1.54) is 17.9 Å². The number of pyridine rings is 1. The summed E-state index contributed by atoms with van der Waals surface area (Å²) in [6.07, 6.45) is 0.620. The van der Waals surface area contributed by atoms with Gasteiger partial charge >= 0.3 is 6.09 Å². The molecule has 0 spiro atoms. The predicted octanol–water partition coefficient (Wildman–Crippen LogP) is 1.93. The summed E-state index contributed by atoms with van der Waals surface area (Å²) in [7, 11) is 0. The molecule has 12 heteroatoms. The average Bonchev–Trinajstić information content (AvgIpc) is 3.21. The van der Waals surface area contributed by atoms with Crippen LogP contribution in [-0.2, 0) is 22.7 Å².